The summed E-state index contributed by atoms with van der Waals surface area (Å²) in [6.07, 6.45) is 0. The van der Waals surface area contributed by atoms with E-state index in [9.17, 15) is 13.2 Å². The van der Waals surface area contributed by atoms with Crippen LogP contribution in [0.2, 0.25) is 10.0 Å². The third kappa shape index (κ3) is 5.54. The maximum Gasteiger partial charge on any atom is 0.264 e. The SMILES string of the molecule is CCOc1ccccc1N(CC(=O)Nc1ccc(C)c(Cl)c1)S(=O)(=O)c1ccc(Cl)cc1. The molecular formula is C23H22Cl2N2O4S. The van der Waals surface area contributed by atoms with Crippen LogP contribution in [0.15, 0.2) is 71.6 Å². The molecule has 168 valence electrons. The molecule has 1 amide bonds. The van der Waals surface area contributed by atoms with Crippen molar-refractivity contribution >= 4 is 50.5 Å². The van der Waals surface area contributed by atoms with Crippen molar-refractivity contribution in [2.75, 3.05) is 22.8 Å². The lowest BCUT2D eigenvalue weighted by Gasteiger charge is -2.26. The first-order valence-corrected chi connectivity index (χ1v) is 12.0. The van der Waals surface area contributed by atoms with Crippen LogP contribution in [0.5, 0.6) is 5.75 Å². The zero-order chi connectivity index (χ0) is 23.3. The Labute approximate surface area is 197 Å². The van der Waals surface area contributed by atoms with Gasteiger partial charge >= 0.3 is 0 Å². The summed E-state index contributed by atoms with van der Waals surface area (Å²) in [5.74, 6) is -0.188. The van der Waals surface area contributed by atoms with Crippen molar-refractivity contribution in [1.82, 2.24) is 0 Å². The van der Waals surface area contributed by atoms with Crippen LogP contribution in [-0.4, -0.2) is 27.5 Å². The van der Waals surface area contributed by atoms with E-state index < -0.39 is 22.5 Å². The fourth-order valence-electron chi connectivity index (χ4n) is 2.98. The minimum Gasteiger partial charge on any atom is -0.492 e. The van der Waals surface area contributed by atoms with Crippen molar-refractivity contribution in [1.29, 1.82) is 0 Å². The Hall–Kier alpha value is -2.74. The zero-order valence-corrected chi connectivity index (χ0v) is 19.8. The summed E-state index contributed by atoms with van der Waals surface area (Å²) >= 11 is 12.1. The molecule has 0 fully saturated rings. The van der Waals surface area contributed by atoms with Gasteiger partial charge in [0.2, 0.25) is 5.91 Å². The predicted molar refractivity (Wildman–Crippen MR) is 128 cm³/mol. The number of ether oxygens (including phenoxy) is 1. The highest BCUT2D eigenvalue weighted by Gasteiger charge is 2.29. The number of halogens is 2. The molecule has 1 N–H and O–H groups in total. The van der Waals surface area contributed by atoms with Crippen molar-refractivity contribution in [2.45, 2.75) is 18.7 Å². The van der Waals surface area contributed by atoms with Crippen LogP contribution in [0.3, 0.4) is 0 Å². The molecule has 0 unspecified atom stereocenters. The van der Waals surface area contributed by atoms with Gasteiger partial charge in [-0.1, -0.05) is 41.4 Å². The number of para-hydroxylation sites is 2. The summed E-state index contributed by atoms with van der Waals surface area (Å²) in [4.78, 5) is 12.9. The normalized spacial score (nSPS) is 11.1. The lowest BCUT2D eigenvalue weighted by molar-refractivity contribution is -0.114. The molecule has 3 aromatic carbocycles. The molecule has 3 rings (SSSR count). The summed E-state index contributed by atoms with van der Waals surface area (Å²) in [6.45, 7) is 3.50. The van der Waals surface area contributed by atoms with Crippen LogP contribution < -0.4 is 14.4 Å². The molecule has 0 aliphatic carbocycles. The van der Waals surface area contributed by atoms with Gasteiger partial charge in [-0.15, -0.1) is 0 Å². The minimum absolute atomic E-state index is 0.000572. The second-order valence-corrected chi connectivity index (χ2v) is 9.58. The number of sulfonamides is 1. The summed E-state index contributed by atoms with van der Waals surface area (Å²) < 4.78 is 33.7. The standard InChI is InChI=1S/C23H22Cl2N2O4S/c1-3-31-22-7-5-4-6-21(22)27(32(29,30)19-12-9-17(24)10-13-19)15-23(28)26-18-11-8-16(2)20(25)14-18/h4-14H,3,15H2,1-2H3,(H,26,28). The molecule has 9 heteroatoms. The molecule has 3 aromatic rings. The highest BCUT2D eigenvalue weighted by molar-refractivity contribution is 7.92. The fourth-order valence-corrected chi connectivity index (χ4v) is 4.71. The number of carbonyl (C=O) groups is 1. The average molecular weight is 493 g/mol. The number of nitrogens with one attached hydrogen (secondary N) is 1. The molecule has 0 aromatic heterocycles. The number of aryl methyl sites for hydroxylation is 1. The quantitative estimate of drug-likeness (QED) is 0.448. The number of amides is 1. The van der Waals surface area contributed by atoms with E-state index in [1.54, 1.807) is 49.4 Å². The second-order valence-electron chi connectivity index (χ2n) is 6.88. The van der Waals surface area contributed by atoms with Gasteiger partial charge < -0.3 is 10.1 Å². The molecule has 0 saturated heterocycles. The first-order chi connectivity index (χ1) is 15.2. The van der Waals surface area contributed by atoms with Crippen LogP contribution in [-0.2, 0) is 14.8 Å². The van der Waals surface area contributed by atoms with E-state index in [0.29, 0.717) is 28.1 Å². The van der Waals surface area contributed by atoms with E-state index in [-0.39, 0.29) is 10.6 Å². The Balaban J connectivity index is 1.99. The molecule has 0 radical (unpaired) electrons. The number of hydrogen-bond donors (Lipinski definition) is 1. The van der Waals surface area contributed by atoms with Crippen molar-refractivity contribution in [2.24, 2.45) is 0 Å². The smallest absolute Gasteiger partial charge is 0.264 e. The van der Waals surface area contributed by atoms with Gasteiger partial charge in [-0.05, 0) is 67.9 Å². The number of anilines is 2. The van der Waals surface area contributed by atoms with Gasteiger partial charge in [0, 0.05) is 15.7 Å². The van der Waals surface area contributed by atoms with E-state index in [0.717, 1.165) is 9.87 Å². The van der Waals surface area contributed by atoms with Crippen molar-refractivity contribution in [3.63, 3.8) is 0 Å². The van der Waals surface area contributed by atoms with Gasteiger partial charge in [0.1, 0.15) is 12.3 Å². The lowest BCUT2D eigenvalue weighted by atomic mass is 10.2. The number of rotatable bonds is 8. The number of hydrogen-bond acceptors (Lipinski definition) is 4. The van der Waals surface area contributed by atoms with Gasteiger partial charge in [-0.25, -0.2) is 8.42 Å². The number of nitrogens with zero attached hydrogens (tertiary/aromatic N) is 1. The van der Waals surface area contributed by atoms with E-state index in [1.165, 1.54) is 24.3 Å². The van der Waals surface area contributed by atoms with Gasteiger partial charge in [0.25, 0.3) is 10.0 Å². The third-order valence-electron chi connectivity index (χ3n) is 4.58. The topological polar surface area (TPSA) is 75.7 Å². The molecule has 0 heterocycles. The molecule has 0 bridgehead atoms. The van der Waals surface area contributed by atoms with Gasteiger partial charge in [-0.2, -0.15) is 0 Å². The number of benzene rings is 3. The lowest BCUT2D eigenvalue weighted by Crippen LogP contribution is -2.38. The van der Waals surface area contributed by atoms with Gasteiger partial charge in [0.05, 0.1) is 17.2 Å². The second kappa shape index (κ2) is 10.3. The van der Waals surface area contributed by atoms with E-state index in [2.05, 4.69) is 5.32 Å². The maximum atomic E-state index is 13.5. The van der Waals surface area contributed by atoms with Crippen LogP contribution in [0.25, 0.3) is 0 Å². The third-order valence-corrected chi connectivity index (χ3v) is 7.01. The molecule has 6 nitrogen and oxygen atoms in total. The van der Waals surface area contributed by atoms with Crippen LogP contribution >= 0.6 is 23.2 Å². The Morgan fingerprint density at radius 2 is 1.72 bits per heavy atom. The van der Waals surface area contributed by atoms with Crippen LogP contribution in [0.4, 0.5) is 11.4 Å². The number of carbonyl (C=O) groups excluding carboxylic acids is 1. The first kappa shape index (κ1) is 23.9. The molecule has 0 spiro atoms. The van der Waals surface area contributed by atoms with Gasteiger partial charge in [-0.3, -0.25) is 9.10 Å². The van der Waals surface area contributed by atoms with Crippen molar-refractivity contribution in [3.05, 3.63) is 82.3 Å². The highest BCUT2D eigenvalue weighted by atomic mass is 35.5. The molecule has 0 atom stereocenters. The average Bonchev–Trinajstić information content (AvgIpc) is 2.76. The summed E-state index contributed by atoms with van der Waals surface area (Å²) in [7, 11) is -4.11. The highest BCUT2D eigenvalue weighted by Crippen LogP contribution is 2.33. The molecule has 0 saturated carbocycles. The monoisotopic (exact) mass is 492 g/mol. The van der Waals surface area contributed by atoms with Crippen molar-refractivity contribution < 1.29 is 17.9 Å². The summed E-state index contributed by atoms with van der Waals surface area (Å²) in [5, 5.41) is 3.60. The fraction of sp³-hybridized carbons (Fsp3) is 0.174. The largest absolute Gasteiger partial charge is 0.492 e. The van der Waals surface area contributed by atoms with Crippen molar-refractivity contribution in [3.8, 4) is 5.75 Å². The van der Waals surface area contributed by atoms with Crippen LogP contribution in [0.1, 0.15) is 12.5 Å². The summed E-state index contributed by atoms with van der Waals surface area (Å²) in [6, 6.07) is 17.5. The predicted octanol–water partition coefficient (Wildman–Crippen LogP) is 5.53. The Kier molecular flexibility index (Phi) is 7.66. The van der Waals surface area contributed by atoms with E-state index >= 15 is 0 Å². The van der Waals surface area contributed by atoms with Gasteiger partial charge in [0.15, 0.2) is 0 Å². The Bertz CT molecular complexity index is 1210. The summed E-state index contributed by atoms with van der Waals surface area (Å²) in [5.41, 5.74) is 1.58. The maximum absolute atomic E-state index is 13.5. The molecule has 0 aliphatic rings. The molecular weight excluding hydrogens is 471 g/mol. The van der Waals surface area contributed by atoms with Crippen LogP contribution in [0, 0.1) is 6.92 Å². The van der Waals surface area contributed by atoms with E-state index in [4.69, 9.17) is 27.9 Å². The first-order valence-electron chi connectivity index (χ1n) is 9.78. The zero-order valence-electron chi connectivity index (χ0n) is 17.5. The Morgan fingerprint density at radius 1 is 1.03 bits per heavy atom. The molecule has 32 heavy (non-hydrogen) atoms. The minimum atomic E-state index is -4.11. The van der Waals surface area contributed by atoms with E-state index in [1.807, 2.05) is 6.92 Å². The molecule has 0 aliphatic heterocycles. The Morgan fingerprint density at radius 3 is 2.38 bits per heavy atom.